The first-order valence-corrected chi connectivity index (χ1v) is 9.64. The maximum Gasteiger partial charge on any atom is 0.289 e. The molecule has 2 atom stereocenters. The Hall–Kier alpha value is -2.42. The standard InChI is InChI=1S/C17H17N5O3S/c1-9-4-14-18-6-11-12-3-2-10(5-13(11)22(14)19-9)21(12)15(23)7-20-16(24)8-26-17(20)25/h4,6,10,12H,2-3,5,7-8H2,1H3/t10-,12-/m0/s1. The molecule has 3 aliphatic rings. The first kappa shape index (κ1) is 15.8. The zero-order chi connectivity index (χ0) is 18.0. The van der Waals surface area contributed by atoms with Crippen LogP contribution < -0.4 is 0 Å². The third-order valence-electron chi connectivity index (χ3n) is 5.45. The predicted octanol–water partition coefficient (Wildman–Crippen LogP) is 1.32. The van der Waals surface area contributed by atoms with Crippen molar-refractivity contribution in [1.29, 1.82) is 0 Å². The molecule has 2 aromatic rings. The van der Waals surface area contributed by atoms with Gasteiger partial charge in [-0.25, -0.2) is 9.50 Å². The Balaban J connectivity index is 1.48. The normalized spacial score (nSPS) is 24.7. The van der Waals surface area contributed by atoms with Crippen LogP contribution in [0.25, 0.3) is 5.65 Å². The molecule has 0 aromatic carbocycles. The second kappa shape index (κ2) is 5.54. The summed E-state index contributed by atoms with van der Waals surface area (Å²) < 4.78 is 1.89. The van der Waals surface area contributed by atoms with Crippen LogP contribution in [-0.4, -0.2) is 59.8 Å². The van der Waals surface area contributed by atoms with E-state index in [1.807, 2.05) is 28.6 Å². The molecule has 8 nitrogen and oxygen atoms in total. The zero-order valence-electron chi connectivity index (χ0n) is 14.2. The van der Waals surface area contributed by atoms with Gasteiger partial charge >= 0.3 is 0 Å². The van der Waals surface area contributed by atoms with Crippen LogP contribution in [0.5, 0.6) is 0 Å². The number of nitrogens with zero attached hydrogens (tertiary/aromatic N) is 5. The van der Waals surface area contributed by atoms with Crippen LogP contribution >= 0.6 is 11.8 Å². The highest BCUT2D eigenvalue weighted by atomic mass is 32.2. The van der Waals surface area contributed by atoms with Crippen LogP contribution in [-0.2, 0) is 16.0 Å². The maximum absolute atomic E-state index is 12.9. The number of amides is 3. The monoisotopic (exact) mass is 371 g/mol. The summed E-state index contributed by atoms with van der Waals surface area (Å²) in [5.41, 5.74) is 3.88. The number of carbonyl (C=O) groups excluding carboxylic acids is 3. The molecule has 26 heavy (non-hydrogen) atoms. The van der Waals surface area contributed by atoms with Crippen molar-refractivity contribution in [3.8, 4) is 0 Å². The lowest BCUT2D eigenvalue weighted by atomic mass is 9.99. The van der Waals surface area contributed by atoms with Crippen LogP contribution in [0.3, 0.4) is 0 Å². The molecule has 9 heteroatoms. The van der Waals surface area contributed by atoms with Gasteiger partial charge in [-0.05, 0) is 19.8 Å². The zero-order valence-corrected chi connectivity index (χ0v) is 15.0. The second-order valence-electron chi connectivity index (χ2n) is 7.00. The van der Waals surface area contributed by atoms with Gasteiger partial charge in [-0.3, -0.25) is 19.3 Å². The summed E-state index contributed by atoms with van der Waals surface area (Å²) in [7, 11) is 0. The van der Waals surface area contributed by atoms with E-state index in [9.17, 15) is 14.4 Å². The van der Waals surface area contributed by atoms with Crippen LogP contribution in [0.15, 0.2) is 12.3 Å². The quantitative estimate of drug-likeness (QED) is 0.791. The minimum atomic E-state index is -0.330. The van der Waals surface area contributed by atoms with Crippen LogP contribution in [0.4, 0.5) is 4.79 Å². The topological polar surface area (TPSA) is 87.9 Å². The molecular weight excluding hydrogens is 354 g/mol. The Bertz CT molecular complexity index is 955. The molecule has 2 bridgehead atoms. The van der Waals surface area contributed by atoms with E-state index < -0.39 is 0 Å². The molecule has 134 valence electrons. The minimum absolute atomic E-state index is 0.0573. The lowest BCUT2D eigenvalue weighted by Gasteiger charge is -2.36. The third-order valence-corrected chi connectivity index (χ3v) is 6.31. The van der Waals surface area contributed by atoms with E-state index in [-0.39, 0.29) is 41.4 Å². The Labute approximate surface area is 153 Å². The van der Waals surface area contributed by atoms with E-state index in [1.54, 1.807) is 0 Å². The molecule has 0 aliphatic carbocycles. The molecule has 0 N–H and O–H groups in total. The summed E-state index contributed by atoms with van der Waals surface area (Å²) in [6, 6.07) is 1.97. The van der Waals surface area contributed by atoms with Gasteiger partial charge in [0.2, 0.25) is 11.8 Å². The lowest BCUT2D eigenvalue weighted by molar-refractivity contribution is -0.139. The number of carbonyl (C=O) groups is 3. The molecule has 3 amide bonds. The second-order valence-corrected chi connectivity index (χ2v) is 7.93. The fraction of sp³-hybridized carbons (Fsp3) is 0.471. The first-order chi connectivity index (χ1) is 12.5. The predicted molar refractivity (Wildman–Crippen MR) is 93.6 cm³/mol. The van der Waals surface area contributed by atoms with Crippen LogP contribution in [0.1, 0.15) is 35.8 Å². The van der Waals surface area contributed by atoms with Gasteiger partial charge in [-0.15, -0.1) is 0 Å². The molecule has 0 spiro atoms. The number of aromatic nitrogens is 3. The SMILES string of the molecule is Cc1cc2ncc3c(n2n1)C[C@@H]1CC[C@@H]3N1C(=O)CN1C(=O)CSC1=O. The van der Waals surface area contributed by atoms with E-state index >= 15 is 0 Å². The Morgan fingerprint density at radius 3 is 2.96 bits per heavy atom. The van der Waals surface area contributed by atoms with Crippen molar-refractivity contribution in [2.75, 3.05) is 12.3 Å². The summed E-state index contributed by atoms with van der Waals surface area (Å²) in [5.74, 6) is -0.319. The van der Waals surface area contributed by atoms with E-state index in [2.05, 4.69) is 10.1 Å². The van der Waals surface area contributed by atoms with Gasteiger partial charge in [-0.2, -0.15) is 5.10 Å². The average molecular weight is 371 g/mol. The lowest BCUT2D eigenvalue weighted by Crippen LogP contribution is -2.48. The molecule has 0 saturated carbocycles. The molecule has 2 saturated heterocycles. The van der Waals surface area contributed by atoms with Crippen molar-refractivity contribution in [3.63, 3.8) is 0 Å². The van der Waals surface area contributed by atoms with Crippen LogP contribution in [0, 0.1) is 6.92 Å². The molecular formula is C17H17N5O3S. The van der Waals surface area contributed by atoms with Gasteiger partial charge in [0.1, 0.15) is 6.54 Å². The van der Waals surface area contributed by atoms with E-state index in [0.29, 0.717) is 6.42 Å². The molecule has 3 aliphatic heterocycles. The van der Waals surface area contributed by atoms with E-state index in [4.69, 9.17) is 0 Å². The summed E-state index contributed by atoms with van der Waals surface area (Å²) in [4.78, 5) is 44.0. The summed E-state index contributed by atoms with van der Waals surface area (Å²) in [6.45, 7) is 1.78. The van der Waals surface area contributed by atoms with Gasteiger partial charge in [0.25, 0.3) is 5.24 Å². The van der Waals surface area contributed by atoms with E-state index in [0.717, 1.165) is 52.1 Å². The summed E-state index contributed by atoms with van der Waals surface area (Å²) in [5, 5.41) is 4.22. The first-order valence-electron chi connectivity index (χ1n) is 8.65. The van der Waals surface area contributed by atoms with Crippen LogP contribution in [0.2, 0.25) is 0 Å². The number of aryl methyl sites for hydroxylation is 1. The highest BCUT2D eigenvalue weighted by molar-refractivity contribution is 8.14. The maximum atomic E-state index is 12.9. The van der Waals surface area contributed by atoms with Crippen molar-refractivity contribution in [3.05, 3.63) is 29.2 Å². The molecule has 5 heterocycles. The molecule has 0 radical (unpaired) electrons. The molecule has 0 unspecified atom stereocenters. The largest absolute Gasteiger partial charge is 0.331 e. The highest BCUT2D eigenvalue weighted by Crippen LogP contribution is 2.43. The van der Waals surface area contributed by atoms with Crippen molar-refractivity contribution in [1.82, 2.24) is 24.4 Å². The highest BCUT2D eigenvalue weighted by Gasteiger charge is 2.45. The van der Waals surface area contributed by atoms with Gasteiger partial charge in [0.15, 0.2) is 5.65 Å². The smallest absolute Gasteiger partial charge is 0.289 e. The minimum Gasteiger partial charge on any atom is -0.331 e. The van der Waals surface area contributed by atoms with Gasteiger partial charge in [-0.1, -0.05) is 11.8 Å². The van der Waals surface area contributed by atoms with Gasteiger partial charge in [0, 0.05) is 30.3 Å². The fourth-order valence-electron chi connectivity index (χ4n) is 4.33. The Morgan fingerprint density at radius 1 is 1.35 bits per heavy atom. The number of rotatable bonds is 2. The third kappa shape index (κ3) is 2.19. The Kier molecular flexibility index (Phi) is 3.37. The number of fused-ring (bicyclic) bond motifs is 6. The van der Waals surface area contributed by atoms with E-state index in [1.165, 1.54) is 0 Å². The number of imide groups is 1. The van der Waals surface area contributed by atoms with Gasteiger partial charge < -0.3 is 4.90 Å². The van der Waals surface area contributed by atoms with Gasteiger partial charge in [0.05, 0.1) is 23.2 Å². The number of thioether (sulfide) groups is 1. The fourth-order valence-corrected chi connectivity index (χ4v) is 5.06. The van der Waals surface area contributed by atoms with Crippen molar-refractivity contribution >= 4 is 34.5 Å². The average Bonchev–Trinajstić information content (AvgIpc) is 3.25. The Morgan fingerprint density at radius 2 is 2.19 bits per heavy atom. The molecule has 2 fully saturated rings. The van der Waals surface area contributed by atoms with Crippen molar-refractivity contribution < 1.29 is 14.4 Å². The van der Waals surface area contributed by atoms with Crippen molar-refractivity contribution in [2.24, 2.45) is 0 Å². The number of hydrogen-bond acceptors (Lipinski definition) is 6. The molecule has 2 aromatic heterocycles. The van der Waals surface area contributed by atoms with Crippen molar-refractivity contribution in [2.45, 2.75) is 38.3 Å². The molecule has 5 rings (SSSR count). The summed E-state index contributed by atoms with van der Waals surface area (Å²) in [6.07, 6.45) is 4.34. The number of hydrogen-bond donors (Lipinski definition) is 0. The summed E-state index contributed by atoms with van der Waals surface area (Å²) >= 11 is 0.957.